The Bertz CT molecular complexity index is 986. The summed E-state index contributed by atoms with van der Waals surface area (Å²) in [7, 11) is 0. The summed E-state index contributed by atoms with van der Waals surface area (Å²) in [5.74, 6) is 2.78. The molecule has 5 nitrogen and oxygen atoms in total. The van der Waals surface area contributed by atoms with Crippen LogP contribution in [0.2, 0.25) is 0 Å². The van der Waals surface area contributed by atoms with Gasteiger partial charge in [0, 0.05) is 26.1 Å². The van der Waals surface area contributed by atoms with Crippen molar-refractivity contribution < 1.29 is 9.47 Å². The van der Waals surface area contributed by atoms with Gasteiger partial charge in [0.25, 0.3) is 0 Å². The number of hydrogen-bond acceptors (Lipinski definition) is 4. The van der Waals surface area contributed by atoms with E-state index in [2.05, 4.69) is 53.1 Å². The van der Waals surface area contributed by atoms with E-state index < -0.39 is 0 Å². The summed E-state index contributed by atoms with van der Waals surface area (Å²) < 4.78 is 11.6. The Labute approximate surface area is 177 Å². The maximum Gasteiger partial charge on any atom is 0.127 e. The van der Waals surface area contributed by atoms with Gasteiger partial charge in [-0.05, 0) is 54.8 Å². The zero-order valence-electron chi connectivity index (χ0n) is 17.1. The molecule has 0 radical (unpaired) electrons. The molecule has 1 spiro atoms. The van der Waals surface area contributed by atoms with Gasteiger partial charge in [0.05, 0.1) is 23.5 Å². The fourth-order valence-corrected chi connectivity index (χ4v) is 4.17. The number of allylic oxidation sites excluding steroid dienone is 3. The highest BCUT2D eigenvalue weighted by molar-refractivity contribution is 6.09. The van der Waals surface area contributed by atoms with Crippen molar-refractivity contribution in [3.8, 4) is 5.75 Å². The van der Waals surface area contributed by atoms with Crippen LogP contribution in [0.4, 0.5) is 11.4 Å². The summed E-state index contributed by atoms with van der Waals surface area (Å²) >= 11 is 0. The average Bonchev–Trinajstić information content (AvgIpc) is 2.80. The van der Waals surface area contributed by atoms with Crippen molar-refractivity contribution in [3.05, 3.63) is 78.1 Å². The zero-order valence-corrected chi connectivity index (χ0v) is 17.1. The minimum absolute atomic E-state index is 0.185. The zero-order chi connectivity index (χ0) is 20.2. The van der Waals surface area contributed by atoms with Crippen LogP contribution in [0.25, 0.3) is 0 Å². The molecule has 0 saturated carbocycles. The molecule has 2 N–H and O–H groups in total. The molecule has 0 unspecified atom stereocenters. The normalized spacial score (nSPS) is 20.8. The predicted molar refractivity (Wildman–Crippen MR) is 121 cm³/mol. The summed E-state index contributed by atoms with van der Waals surface area (Å²) in [6.45, 7) is 2.11. The number of anilines is 2. The van der Waals surface area contributed by atoms with Gasteiger partial charge < -0.3 is 20.1 Å². The standard InChI is InChI=1S/C25H27N3O2/c1-2-6-20(7-3-1)30-21-12-10-19(11-13-21)18-26-24-25(14-16-29-17-15-25)28-23-9-5-4-8-22(23)27-24/h2,4-13,28H,1,3,14-18H2,(H,26,27). The lowest BCUT2D eigenvalue weighted by molar-refractivity contribution is 0.0778. The predicted octanol–water partition coefficient (Wildman–Crippen LogP) is 5.28. The van der Waals surface area contributed by atoms with E-state index in [4.69, 9.17) is 14.5 Å². The maximum atomic E-state index is 5.94. The second-order valence-electron chi connectivity index (χ2n) is 7.99. The van der Waals surface area contributed by atoms with E-state index in [1.165, 1.54) is 0 Å². The average molecular weight is 402 g/mol. The summed E-state index contributed by atoms with van der Waals surface area (Å²) in [5.41, 5.74) is 3.18. The number of rotatable bonds is 4. The number of ether oxygens (including phenoxy) is 2. The minimum atomic E-state index is -0.185. The van der Waals surface area contributed by atoms with Crippen molar-refractivity contribution in [1.29, 1.82) is 0 Å². The van der Waals surface area contributed by atoms with E-state index in [1.54, 1.807) is 0 Å². The summed E-state index contributed by atoms with van der Waals surface area (Å²) in [6, 6.07) is 16.5. The molecule has 30 heavy (non-hydrogen) atoms. The SMILES string of the molecule is C1=CC(Oc2ccc(CN=C3Nc4ccccc4NC34CCOCC4)cc2)=CCC1. The van der Waals surface area contributed by atoms with Crippen LogP contribution in [0.1, 0.15) is 31.2 Å². The van der Waals surface area contributed by atoms with Crippen LogP contribution in [0.3, 0.4) is 0 Å². The molecule has 2 aliphatic heterocycles. The molecule has 1 saturated heterocycles. The van der Waals surface area contributed by atoms with Gasteiger partial charge in [-0.2, -0.15) is 0 Å². The van der Waals surface area contributed by atoms with Crippen LogP contribution < -0.4 is 15.4 Å². The van der Waals surface area contributed by atoms with E-state index in [-0.39, 0.29) is 5.54 Å². The van der Waals surface area contributed by atoms with Gasteiger partial charge in [0.2, 0.25) is 0 Å². The number of fused-ring (bicyclic) bond motifs is 1. The molecular formula is C25H27N3O2. The van der Waals surface area contributed by atoms with E-state index in [0.29, 0.717) is 6.54 Å². The summed E-state index contributed by atoms with van der Waals surface area (Å²) in [4.78, 5) is 5.00. The lowest BCUT2D eigenvalue weighted by Gasteiger charge is -2.43. The van der Waals surface area contributed by atoms with Crippen molar-refractivity contribution in [2.24, 2.45) is 4.99 Å². The molecule has 154 valence electrons. The van der Waals surface area contributed by atoms with Gasteiger partial charge in [0.1, 0.15) is 17.3 Å². The van der Waals surface area contributed by atoms with Gasteiger partial charge in [-0.15, -0.1) is 0 Å². The monoisotopic (exact) mass is 401 g/mol. The van der Waals surface area contributed by atoms with Gasteiger partial charge in [-0.1, -0.05) is 30.3 Å². The molecule has 2 heterocycles. The molecule has 2 aromatic rings. The van der Waals surface area contributed by atoms with E-state index in [0.717, 1.165) is 73.2 Å². The fourth-order valence-electron chi connectivity index (χ4n) is 4.17. The highest BCUT2D eigenvalue weighted by Crippen LogP contribution is 2.36. The van der Waals surface area contributed by atoms with Crippen LogP contribution in [0, 0.1) is 0 Å². The van der Waals surface area contributed by atoms with Crippen molar-refractivity contribution in [2.45, 2.75) is 37.8 Å². The molecule has 0 atom stereocenters. The number of para-hydroxylation sites is 2. The molecule has 0 amide bonds. The Morgan fingerprint density at radius 2 is 1.77 bits per heavy atom. The first-order valence-corrected chi connectivity index (χ1v) is 10.7. The molecular weight excluding hydrogens is 374 g/mol. The Balaban J connectivity index is 1.33. The van der Waals surface area contributed by atoms with Crippen LogP contribution in [0.15, 0.2) is 77.5 Å². The molecule has 2 aromatic carbocycles. The largest absolute Gasteiger partial charge is 0.458 e. The van der Waals surface area contributed by atoms with Crippen molar-refractivity contribution >= 4 is 17.2 Å². The van der Waals surface area contributed by atoms with E-state index in [1.807, 2.05) is 24.3 Å². The highest BCUT2D eigenvalue weighted by Gasteiger charge is 2.41. The van der Waals surface area contributed by atoms with E-state index in [9.17, 15) is 0 Å². The molecule has 1 fully saturated rings. The van der Waals surface area contributed by atoms with Crippen LogP contribution in [0.5, 0.6) is 5.75 Å². The third-order valence-corrected chi connectivity index (χ3v) is 5.89. The number of aliphatic imine (C=N–C) groups is 1. The number of nitrogens with one attached hydrogen (secondary N) is 2. The minimum Gasteiger partial charge on any atom is -0.458 e. The molecule has 1 aliphatic carbocycles. The van der Waals surface area contributed by atoms with Crippen molar-refractivity contribution in [2.75, 3.05) is 23.8 Å². The van der Waals surface area contributed by atoms with Crippen molar-refractivity contribution in [1.82, 2.24) is 0 Å². The third-order valence-electron chi connectivity index (χ3n) is 5.89. The van der Waals surface area contributed by atoms with Gasteiger partial charge in [-0.3, -0.25) is 4.99 Å². The Morgan fingerprint density at radius 1 is 0.967 bits per heavy atom. The van der Waals surface area contributed by atoms with Gasteiger partial charge >= 0.3 is 0 Å². The maximum absolute atomic E-state index is 5.94. The van der Waals surface area contributed by atoms with Gasteiger partial charge in [-0.25, -0.2) is 0 Å². The second kappa shape index (κ2) is 8.36. The highest BCUT2D eigenvalue weighted by atomic mass is 16.5. The molecule has 5 heteroatoms. The summed E-state index contributed by atoms with van der Waals surface area (Å²) in [6.07, 6.45) is 10.3. The molecule has 5 rings (SSSR count). The first kappa shape index (κ1) is 18.9. The Hall–Kier alpha value is -3.05. The fraction of sp³-hybridized carbons (Fsp3) is 0.320. The molecule has 0 bridgehead atoms. The summed E-state index contributed by atoms with van der Waals surface area (Å²) in [5, 5.41) is 7.33. The number of benzene rings is 2. The first-order valence-electron chi connectivity index (χ1n) is 10.7. The topological polar surface area (TPSA) is 54.9 Å². The van der Waals surface area contributed by atoms with Crippen LogP contribution in [-0.2, 0) is 11.3 Å². The Morgan fingerprint density at radius 3 is 2.53 bits per heavy atom. The van der Waals surface area contributed by atoms with Crippen molar-refractivity contribution in [3.63, 3.8) is 0 Å². The van der Waals surface area contributed by atoms with Crippen LogP contribution in [-0.4, -0.2) is 24.6 Å². The molecule has 3 aliphatic rings. The van der Waals surface area contributed by atoms with Gasteiger partial charge in [0.15, 0.2) is 0 Å². The van der Waals surface area contributed by atoms with E-state index >= 15 is 0 Å². The molecule has 0 aromatic heterocycles. The smallest absolute Gasteiger partial charge is 0.127 e. The Kier molecular flexibility index (Phi) is 5.28. The quantitative estimate of drug-likeness (QED) is 0.731. The van der Waals surface area contributed by atoms with Crippen LogP contribution >= 0.6 is 0 Å². The lowest BCUT2D eigenvalue weighted by atomic mass is 9.86. The number of amidine groups is 1. The second-order valence-corrected chi connectivity index (χ2v) is 7.99. The first-order chi connectivity index (χ1) is 14.8. The number of hydrogen-bond donors (Lipinski definition) is 2. The number of nitrogens with zero attached hydrogens (tertiary/aromatic N) is 1. The lowest BCUT2D eigenvalue weighted by Crippen LogP contribution is -2.55. The third kappa shape index (κ3) is 3.98.